The fourth-order valence-corrected chi connectivity index (χ4v) is 3.52. The van der Waals surface area contributed by atoms with Crippen LogP contribution in [0.5, 0.6) is 0 Å². The number of nitrogens with zero attached hydrogens (tertiary/aromatic N) is 2. The van der Waals surface area contributed by atoms with Gasteiger partial charge in [0.15, 0.2) is 10.9 Å². The molecule has 0 radical (unpaired) electrons. The maximum atomic E-state index is 12.5. The minimum Gasteiger partial charge on any atom is -0.293 e. The van der Waals surface area contributed by atoms with Crippen molar-refractivity contribution in [3.8, 4) is 5.13 Å². The number of aryl methyl sites for hydroxylation is 3. The van der Waals surface area contributed by atoms with Gasteiger partial charge in [0.2, 0.25) is 0 Å². The zero-order valence-corrected chi connectivity index (χ0v) is 14.5. The summed E-state index contributed by atoms with van der Waals surface area (Å²) in [6.07, 6.45) is 2.85. The molecule has 122 valence electrons. The number of aromatic nitrogens is 2. The molecule has 3 rings (SSSR count). The topological polar surface area (TPSA) is 52.0 Å². The van der Waals surface area contributed by atoms with Crippen LogP contribution in [0.2, 0.25) is 0 Å². The second-order valence-corrected chi connectivity index (χ2v) is 6.71. The molecule has 0 aliphatic heterocycles. The van der Waals surface area contributed by atoms with Crippen LogP contribution < -0.4 is 5.56 Å². The maximum absolute atomic E-state index is 12.5. The first kappa shape index (κ1) is 16.3. The summed E-state index contributed by atoms with van der Waals surface area (Å²) in [7, 11) is 0. The third-order valence-electron chi connectivity index (χ3n) is 3.80. The average Bonchev–Trinajstić information content (AvgIpc) is 2.95. The lowest BCUT2D eigenvalue weighted by molar-refractivity contribution is 0.0986. The quantitative estimate of drug-likeness (QED) is 0.666. The molecule has 4 nitrogen and oxygen atoms in total. The molecule has 0 fully saturated rings. The predicted octanol–water partition coefficient (Wildman–Crippen LogP) is 3.73. The van der Waals surface area contributed by atoms with Gasteiger partial charge in [0, 0.05) is 18.7 Å². The average molecular weight is 338 g/mol. The van der Waals surface area contributed by atoms with Crippen LogP contribution >= 0.6 is 11.3 Å². The van der Waals surface area contributed by atoms with E-state index in [0.717, 1.165) is 11.1 Å². The molecule has 0 N–H and O–H groups in total. The number of carbonyl (C=O) groups is 1. The highest BCUT2D eigenvalue weighted by Gasteiger charge is 2.16. The van der Waals surface area contributed by atoms with Crippen molar-refractivity contribution in [3.05, 3.63) is 80.7 Å². The number of benzene rings is 1. The standard InChI is InChI=1S/C19H18N2O2S/c1-13-10-11-21(17(23)12-13)19-20-14(2)18(24-19)16(22)9-8-15-6-4-3-5-7-15/h3-7,10-12H,8-9H2,1-2H3. The fraction of sp³-hybridized carbons (Fsp3) is 0.211. The van der Waals surface area contributed by atoms with Gasteiger partial charge in [0.25, 0.3) is 5.56 Å². The second-order valence-electron chi connectivity index (χ2n) is 5.73. The van der Waals surface area contributed by atoms with Crippen LogP contribution in [0.3, 0.4) is 0 Å². The number of rotatable bonds is 5. The highest BCUT2D eigenvalue weighted by atomic mass is 32.1. The molecule has 0 aliphatic carbocycles. The summed E-state index contributed by atoms with van der Waals surface area (Å²) < 4.78 is 1.48. The SMILES string of the molecule is Cc1ccn(-c2nc(C)c(C(=O)CCc3ccccc3)s2)c(=O)c1. The van der Waals surface area contributed by atoms with Crippen molar-refractivity contribution in [3.63, 3.8) is 0 Å². The van der Waals surface area contributed by atoms with Crippen LogP contribution in [0.1, 0.15) is 32.9 Å². The normalized spacial score (nSPS) is 10.8. The Hall–Kier alpha value is -2.53. The molecule has 2 heterocycles. The van der Waals surface area contributed by atoms with E-state index in [1.54, 1.807) is 12.3 Å². The third kappa shape index (κ3) is 3.51. The Kier molecular flexibility index (Phi) is 4.71. The van der Waals surface area contributed by atoms with Crippen LogP contribution in [-0.4, -0.2) is 15.3 Å². The number of ketones is 1. The Balaban J connectivity index is 1.81. The van der Waals surface area contributed by atoms with Gasteiger partial charge in [-0.2, -0.15) is 0 Å². The highest BCUT2D eigenvalue weighted by molar-refractivity contribution is 7.16. The van der Waals surface area contributed by atoms with E-state index in [0.29, 0.717) is 28.5 Å². The molecule has 24 heavy (non-hydrogen) atoms. The van der Waals surface area contributed by atoms with Gasteiger partial charge in [-0.3, -0.25) is 14.2 Å². The summed E-state index contributed by atoms with van der Waals surface area (Å²) in [4.78, 5) is 29.6. The van der Waals surface area contributed by atoms with Gasteiger partial charge in [0.05, 0.1) is 10.6 Å². The molecule has 0 spiro atoms. The maximum Gasteiger partial charge on any atom is 0.257 e. The molecule has 0 atom stereocenters. The van der Waals surface area contributed by atoms with Gasteiger partial charge in [-0.25, -0.2) is 4.98 Å². The zero-order valence-electron chi connectivity index (χ0n) is 13.7. The first-order valence-electron chi connectivity index (χ1n) is 7.79. The fourth-order valence-electron chi connectivity index (χ4n) is 2.50. The molecule has 0 unspecified atom stereocenters. The van der Waals surface area contributed by atoms with Crippen molar-refractivity contribution in [2.24, 2.45) is 0 Å². The summed E-state index contributed by atoms with van der Waals surface area (Å²) >= 11 is 1.28. The van der Waals surface area contributed by atoms with Crippen molar-refractivity contribution in [1.82, 2.24) is 9.55 Å². The zero-order chi connectivity index (χ0) is 17.1. The van der Waals surface area contributed by atoms with Crippen LogP contribution in [0, 0.1) is 13.8 Å². The molecule has 0 bridgehead atoms. The van der Waals surface area contributed by atoms with E-state index in [1.807, 2.05) is 50.2 Å². The Morgan fingerprint density at radius 1 is 1.17 bits per heavy atom. The number of hydrogen-bond acceptors (Lipinski definition) is 4. The molecule has 1 aromatic carbocycles. The summed E-state index contributed by atoms with van der Waals surface area (Å²) in [6.45, 7) is 3.69. The van der Waals surface area contributed by atoms with Crippen molar-refractivity contribution in [2.45, 2.75) is 26.7 Å². The van der Waals surface area contributed by atoms with Crippen LogP contribution in [-0.2, 0) is 6.42 Å². The smallest absolute Gasteiger partial charge is 0.257 e. The van der Waals surface area contributed by atoms with Gasteiger partial charge in [-0.1, -0.05) is 41.7 Å². The van der Waals surface area contributed by atoms with Crippen molar-refractivity contribution in [2.75, 3.05) is 0 Å². The van der Waals surface area contributed by atoms with E-state index in [-0.39, 0.29) is 11.3 Å². The van der Waals surface area contributed by atoms with Crippen molar-refractivity contribution in [1.29, 1.82) is 0 Å². The Labute approximate surface area is 144 Å². The number of thiazole rings is 1. The monoisotopic (exact) mass is 338 g/mol. The summed E-state index contributed by atoms with van der Waals surface area (Å²) in [5, 5.41) is 0.542. The Morgan fingerprint density at radius 3 is 2.62 bits per heavy atom. The predicted molar refractivity (Wildman–Crippen MR) is 96.3 cm³/mol. The molecule has 0 saturated heterocycles. The van der Waals surface area contributed by atoms with Crippen molar-refractivity contribution < 1.29 is 4.79 Å². The third-order valence-corrected chi connectivity index (χ3v) is 5.00. The van der Waals surface area contributed by atoms with E-state index < -0.39 is 0 Å². The first-order valence-corrected chi connectivity index (χ1v) is 8.60. The lowest BCUT2D eigenvalue weighted by atomic mass is 10.1. The number of carbonyl (C=O) groups excluding carboxylic acids is 1. The molecule has 0 saturated carbocycles. The summed E-state index contributed by atoms with van der Waals surface area (Å²) in [5.74, 6) is 0.0697. The van der Waals surface area contributed by atoms with Gasteiger partial charge in [-0.05, 0) is 37.5 Å². The van der Waals surface area contributed by atoms with Gasteiger partial charge in [0.1, 0.15) is 0 Å². The number of Topliss-reactive ketones (excluding diaryl/α,β-unsaturated/α-hetero) is 1. The van der Waals surface area contributed by atoms with Crippen molar-refractivity contribution >= 4 is 17.1 Å². The molecular weight excluding hydrogens is 320 g/mol. The minimum atomic E-state index is -0.132. The lowest BCUT2D eigenvalue weighted by Gasteiger charge is -2.01. The minimum absolute atomic E-state index is 0.0697. The number of hydrogen-bond donors (Lipinski definition) is 0. The number of pyridine rings is 1. The largest absolute Gasteiger partial charge is 0.293 e. The molecular formula is C19H18N2O2S. The highest BCUT2D eigenvalue weighted by Crippen LogP contribution is 2.23. The van der Waals surface area contributed by atoms with E-state index in [2.05, 4.69) is 4.98 Å². The lowest BCUT2D eigenvalue weighted by Crippen LogP contribution is -2.16. The Morgan fingerprint density at radius 2 is 1.92 bits per heavy atom. The van der Waals surface area contributed by atoms with E-state index in [4.69, 9.17) is 0 Å². The molecule has 2 aromatic heterocycles. The van der Waals surface area contributed by atoms with Gasteiger partial charge < -0.3 is 0 Å². The molecule has 5 heteroatoms. The second kappa shape index (κ2) is 6.93. The van der Waals surface area contributed by atoms with E-state index in [9.17, 15) is 9.59 Å². The molecule has 3 aromatic rings. The van der Waals surface area contributed by atoms with Crippen LogP contribution in [0.4, 0.5) is 0 Å². The molecule has 0 aliphatic rings. The Bertz CT molecular complexity index is 926. The van der Waals surface area contributed by atoms with E-state index in [1.165, 1.54) is 15.9 Å². The molecule has 0 amide bonds. The van der Waals surface area contributed by atoms with Crippen LogP contribution in [0.25, 0.3) is 5.13 Å². The van der Waals surface area contributed by atoms with Gasteiger partial charge >= 0.3 is 0 Å². The first-order chi connectivity index (χ1) is 11.5. The van der Waals surface area contributed by atoms with E-state index >= 15 is 0 Å². The van der Waals surface area contributed by atoms with Crippen LogP contribution in [0.15, 0.2) is 53.5 Å². The summed E-state index contributed by atoms with van der Waals surface area (Å²) in [5.41, 5.74) is 2.60. The summed E-state index contributed by atoms with van der Waals surface area (Å²) in [6, 6.07) is 13.4. The van der Waals surface area contributed by atoms with Gasteiger partial charge in [-0.15, -0.1) is 0 Å².